The molecule has 4 nitrogen and oxygen atoms in total. The summed E-state index contributed by atoms with van der Waals surface area (Å²) < 4.78 is 5.07. The maximum Gasteiger partial charge on any atom is 0.340 e. The zero-order valence-electron chi connectivity index (χ0n) is 13.1. The molecule has 2 N–H and O–H groups in total. The van der Waals surface area contributed by atoms with Crippen molar-refractivity contribution < 1.29 is 9.53 Å². The molecule has 0 amide bonds. The number of carbonyl (C=O) groups is 1. The van der Waals surface area contributed by atoms with E-state index in [0.717, 1.165) is 5.69 Å². The Morgan fingerprint density at radius 2 is 1.95 bits per heavy atom. The Kier molecular flexibility index (Phi) is 5.48. The monoisotopic (exact) mass is 290 g/mol. The molecule has 0 radical (unpaired) electrons. The Bertz CT molecular complexity index is 480. The van der Waals surface area contributed by atoms with Crippen molar-refractivity contribution in [2.45, 2.75) is 51.5 Å². The van der Waals surface area contributed by atoms with Crippen LogP contribution in [0.4, 0.5) is 11.4 Å². The summed E-state index contributed by atoms with van der Waals surface area (Å²) in [5, 5.41) is 0. The molecule has 4 heteroatoms. The van der Waals surface area contributed by atoms with Gasteiger partial charge in [0.1, 0.15) is 0 Å². The van der Waals surface area contributed by atoms with Crippen LogP contribution in [-0.4, -0.2) is 25.7 Å². The summed E-state index contributed by atoms with van der Waals surface area (Å²) in [6, 6.07) is 6.11. The maximum absolute atomic E-state index is 12.0. The lowest BCUT2D eigenvalue weighted by Crippen LogP contribution is -2.32. The minimum atomic E-state index is -0.342. The van der Waals surface area contributed by atoms with Gasteiger partial charge in [-0.3, -0.25) is 0 Å². The molecule has 21 heavy (non-hydrogen) atoms. The quantitative estimate of drug-likeness (QED) is 0.523. The van der Waals surface area contributed by atoms with E-state index in [1.54, 1.807) is 13.0 Å². The molecule has 1 fully saturated rings. The first-order valence-corrected chi connectivity index (χ1v) is 7.93. The fourth-order valence-corrected chi connectivity index (χ4v) is 3.09. The van der Waals surface area contributed by atoms with Crippen molar-refractivity contribution in [2.75, 3.05) is 24.3 Å². The second-order valence-corrected chi connectivity index (χ2v) is 5.72. The zero-order chi connectivity index (χ0) is 15.2. The predicted molar refractivity (Wildman–Crippen MR) is 86.7 cm³/mol. The number of nitrogen functional groups attached to an aromatic ring is 1. The van der Waals surface area contributed by atoms with E-state index in [0.29, 0.717) is 23.9 Å². The number of carbonyl (C=O) groups excluding carboxylic acids is 1. The normalized spacial score (nSPS) is 16.3. The molecule has 116 valence electrons. The van der Waals surface area contributed by atoms with Crippen LogP contribution in [0.3, 0.4) is 0 Å². The van der Waals surface area contributed by atoms with Crippen LogP contribution in [0.2, 0.25) is 0 Å². The molecule has 1 aliphatic carbocycles. The number of hydrogen-bond donors (Lipinski definition) is 1. The van der Waals surface area contributed by atoms with Crippen molar-refractivity contribution in [3.63, 3.8) is 0 Å². The Balaban J connectivity index is 2.22. The molecule has 0 aliphatic heterocycles. The third-order valence-corrected chi connectivity index (χ3v) is 4.33. The Labute approximate surface area is 127 Å². The van der Waals surface area contributed by atoms with E-state index in [4.69, 9.17) is 10.5 Å². The largest absolute Gasteiger partial charge is 0.462 e. The highest BCUT2D eigenvalue weighted by atomic mass is 16.5. The highest BCUT2D eigenvalue weighted by molar-refractivity contribution is 5.98. The molecule has 1 aromatic carbocycles. The fraction of sp³-hybridized carbons (Fsp3) is 0.588. The van der Waals surface area contributed by atoms with Gasteiger partial charge in [0.15, 0.2) is 0 Å². The van der Waals surface area contributed by atoms with Gasteiger partial charge in [-0.1, -0.05) is 31.7 Å². The SMILES string of the molecule is CCOC(=O)c1cccc(N(C)C2CCCCCC2)c1N. The summed E-state index contributed by atoms with van der Waals surface area (Å²) in [6.07, 6.45) is 7.57. The smallest absolute Gasteiger partial charge is 0.340 e. The third kappa shape index (κ3) is 3.69. The van der Waals surface area contributed by atoms with Crippen LogP contribution in [0, 0.1) is 0 Å². The lowest BCUT2D eigenvalue weighted by Gasteiger charge is -2.30. The summed E-state index contributed by atoms with van der Waals surface area (Å²) in [6.45, 7) is 2.16. The van der Waals surface area contributed by atoms with Crippen molar-refractivity contribution in [3.05, 3.63) is 23.8 Å². The van der Waals surface area contributed by atoms with Gasteiger partial charge >= 0.3 is 5.97 Å². The number of nitrogens with two attached hydrogens (primary N) is 1. The van der Waals surface area contributed by atoms with E-state index >= 15 is 0 Å². The molecule has 1 saturated carbocycles. The average Bonchev–Trinajstić information content (AvgIpc) is 2.76. The number of ether oxygens (including phenoxy) is 1. The van der Waals surface area contributed by atoms with E-state index in [-0.39, 0.29) is 5.97 Å². The molecule has 1 aliphatic rings. The van der Waals surface area contributed by atoms with Crippen molar-refractivity contribution in [1.29, 1.82) is 0 Å². The van der Waals surface area contributed by atoms with Crippen LogP contribution in [0.1, 0.15) is 55.8 Å². The topological polar surface area (TPSA) is 55.6 Å². The minimum Gasteiger partial charge on any atom is -0.462 e. The van der Waals surface area contributed by atoms with Crippen LogP contribution in [0.5, 0.6) is 0 Å². The van der Waals surface area contributed by atoms with Crippen molar-refractivity contribution in [2.24, 2.45) is 0 Å². The molecular formula is C17H26N2O2. The van der Waals surface area contributed by atoms with Crippen LogP contribution < -0.4 is 10.6 Å². The number of nitrogens with zero attached hydrogens (tertiary/aromatic N) is 1. The van der Waals surface area contributed by atoms with E-state index in [2.05, 4.69) is 11.9 Å². The predicted octanol–water partition coefficient (Wildman–Crippen LogP) is 3.60. The lowest BCUT2D eigenvalue weighted by molar-refractivity contribution is 0.0527. The van der Waals surface area contributed by atoms with Crippen LogP contribution in [0.25, 0.3) is 0 Å². The average molecular weight is 290 g/mol. The van der Waals surface area contributed by atoms with Crippen LogP contribution in [0.15, 0.2) is 18.2 Å². The van der Waals surface area contributed by atoms with E-state index in [1.807, 2.05) is 12.1 Å². The van der Waals surface area contributed by atoms with Crippen molar-refractivity contribution >= 4 is 17.3 Å². The Morgan fingerprint density at radius 1 is 1.29 bits per heavy atom. The van der Waals surface area contributed by atoms with Gasteiger partial charge in [-0.2, -0.15) is 0 Å². The summed E-state index contributed by atoms with van der Waals surface area (Å²) in [7, 11) is 2.08. The zero-order valence-corrected chi connectivity index (χ0v) is 13.1. The second kappa shape index (κ2) is 7.34. The number of para-hydroxylation sites is 1. The summed E-state index contributed by atoms with van der Waals surface area (Å²) in [5.74, 6) is -0.342. The first kappa shape index (κ1) is 15.7. The molecule has 0 aromatic heterocycles. The molecular weight excluding hydrogens is 264 g/mol. The molecule has 0 bridgehead atoms. The number of rotatable bonds is 4. The first-order valence-electron chi connectivity index (χ1n) is 7.93. The van der Waals surface area contributed by atoms with Gasteiger partial charge in [-0.05, 0) is 31.9 Å². The molecule has 0 atom stereocenters. The van der Waals surface area contributed by atoms with Gasteiger partial charge in [-0.15, -0.1) is 0 Å². The van der Waals surface area contributed by atoms with Gasteiger partial charge < -0.3 is 15.4 Å². The van der Waals surface area contributed by atoms with Gasteiger partial charge in [0.2, 0.25) is 0 Å². The maximum atomic E-state index is 12.0. The molecule has 0 saturated heterocycles. The van der Waals surface area contributed by atoms with E-state index < -0.39 is 0 Å². The van der Waals surface area contributed by atoms with Gasteiger partial charge in [0.25, 0.3) is 0 Å². The molecule has 2 rings (SSSR count). The lowest BCUT2D eigenvalue weighted by atomic mass is 10.0. The van der Waals surface area contributed by atoms with E-state index in [9.17, 15) is 4.79 Å². The molecule has 0 heterocycles. The number of esters is 1. The summed E-state index contributed by atoms with van der Waals surface area (Å²) in [4.78, 5) is 14.2. The number of benzene rings is 1. The van der Waals surface area contributed by atoms with Crippen molar-refractivity contribution in [1.82, 2.24) is 0 Å². The van der Waals surface area contributed by atoms with Gasteiger partial charge in [0.05, 0.1) is 23.5 Å². The Morgan fingerprint density at radius 3 is 2.57 bits per heavy atom. The Hall–Kier alpha value is -1.71. The fourth-order valence-electron chi connectivity index (χ4n) is 3.09. The third-order valence-electron chi connectivity index (χ3n) is 4.33. The molecule has 0 spiro atoms. The van der Waals surface area contributed by atoms with Gasteiger partial charge in [-0.25, -0.2) is 4.79 Å². The molecule has 0 unspecified atom stereocenters. The van der Waals surface area contributed by atoms with Crippen molar-refractivity contribution in [3.8, 4) is 0 Å². The number of hydrogen-bond acceptors (Lipinski definition) is 4. The second-order valence-electron chi connectivity index (χ2n) is 5.72. The van der Waals surface area contributed by atoms with Crippen LogP contribution >= 0.6 is 0 Å². The summed E-state index contributed by atoms with van der Waals surface area (Å²) in [5.41, 5.74) is 8.15. The van der Waals surface area contributed by atoms with Crippen LogP contribution in [-0.2, 0) is 4.74 Å². The standard InChI is InChI=1S/C17H26N2O2/c1-3-21-17(20)14-11-8-12-15(16(14)18)19(2)13-9-6-4-5-7-10-13/h8,11-13H,3-7,9-10,18H2,1-2H3. The first-order chi connectivity index (χ1) is 10.1. The highest BCUT2D eigenvalue weighted by Gasteiger charge is 2.21. The minimum absolute atomic E-state index is 0.342. The highest BCUT2D eigenvalue weighted by Crippen LogP contribution is 2.31. The van der Waals surface area contributed by atoms with E-state index in [1.165, 1.54) is 38.5 Å². The summed E-state index contributed by atoms with van der Waals surface area (Å²) >= 11 is 0. The number of anilines is 2. The van der Waals surface area contributed by atoms with Gasteiger partial charge in [0, 0.05) is 13.1 Å². The molecule has 1 aromatic rings.